The summed E-state index contributed by atoms with van der Waals surface area (Å²) < 4.78 is 0. The van der Waals surface area contributed by atoms with Crippen LogP contribution in [0.3, 0.4) is 0 Å². The fraction of sp³-hybridized carbons (Fsp3) is 0.421. The summed E-state index contributed by atoms with van der Waals surface area (Å²) in [5.74, 6) is 0.469. The normalized spacial score (nSPS) is 21.9. The van der Waals surface area contributed by atoms with Gasteiger partial charge in [0.1, 0.15) is 0 Å². The lowest BCUT2D eigenvalue weighted by molar-refractivity contribution is -0.128. The molecule has 2 aromatic heterocycles. The number of carbonyl (C=O) groups excluding carboxylic acids is 1. The Morgan fingerprint density at radius 2 is 2.17 bits per heavy atom. The number of nitrogens with one attached hydrogen (secondary N) is 1. The van der Waals surface area contributed by atoms with E-state index in [1.165, 1.54) is 0 Å². The maximum atomic E-state index is 12.4. The number of likely N-dealkylation sites (tertiary alicyclic amines) is 1. The molecule has 0 aliphatic carbocycles. The van der Waals surface area contributed by atoms with E-state index in [1.54, 1.807) is 6.20 Å². The first-order chi connectivity index (χ1) is 11.7. The van der Waals surface area contributed by atoms with Crippen molar-refractivity contribution >= 4 is 5.91 Å². The van der Waals surface area contributed by atoms with Crippen LogP contribution in [0.15, 0.2) is 48.9 Å². The SMILES string of the molecule is CCN1C(=O)C[C@@H](CNC(C)c2ccccn2)[C@@H]1c1cccnc1. The first-order valence-electron chi connectivity index (χ1n) is 8.54. The molecule has 1 aliphatic rings. The van der Waals surface area contributed by atoms with Crippen LogP contribution >= 0.6 is 0 Å². The van der Waals surface area contributed by atoms with E-state index in [0.717, 1.165) is 24.3 Å². The van der Waals surface area contributed by atoms with Crippen LogP contribution < -0.4 is 5.32 Å². The molecule has 1 N–H and O–H groups in total. The minimum absolute atomic E-state index is 0.0969. The van der Waals surface area contributed by atoms with E-state index in [9.17, 15) is 4.79 Å². The van der Waals surface area contributed by atoms with E-state index in [2.05, 4.69) is 28.3 Å². The second kappa shape index (κ2) is 7.53. The van der Waals surface area contributed by atoms with Gasteiger partial charge in [-0.3, -0.25) is 14.8 Å². The van der Waals surface area contributed by atoms with Gasteiger partial charge < -0.3 is 10.2 Å². The van der Waals surface area contributed by atoms with Gasteiger partial charge in [0.25, 0.3) is 0 Å². The maximum Gasteiger partial charge on any atom is 0.223 e. The number of rotatable bonds is 6. The van der Waals surface area contributed by atoms with Crippen molar-refractivity contribution in [2.24, 2.45) is 5.92 Å². The molecule has 1 unspecified atom stereocenters. The minimum Gasteiger partial charge on any atom is -0.336 e. The van der Waals surface area contributed by atoms with Crippen molar-refractivity contribution in [1.82, 2.24) is 20.2 Å². The number of nitrogens with zero attached hydrogens (tertiary/aromatic N) is 3. The van der Waals surface area contributed by atoms with E-state index in [1.807, 2.05) is 48.5 Å². The molecule has 3 rings (SSSR count). The van der Waals surface area contributed by atoms with Crippen LogP contribution in [0.4, 0.5) is 0 Å². The molecule has 24 heavy (non-hydrogen) atoms. The fourth-order valence-electron chi connectivity index (χ4n) is 3.49. The van der Waals surface area contributed by atoms with Crippen LogP contribution in [0.25, 0.3) is 0 Å². The van der Waals surface area contributed by atoms with Crippen LogP contribution in [-0.4, -0.2) is 33.9 Å². The van der Waals surface area contributed by atoms with Gasteiger partial charge in [0.2, 0.25) is 5.91 Å². The highest BCUT2D eigenvalue weighted by Gasteiger charge is 2.39. The number of amides is 1. The van der Waals surface area contributed by atoms with E-state index < -0.39 is 0 Å². The van der Waals surface area contributed by atoms with Crippen molar-refractivity contribution in [3.8, 4) is 0 Å². The molecule has 1 aliphatic heterocycles. The summed E-state index contributed by atoms with van der Waals surface area (Å²) >= 11 is 0. The molecule has 1 amide bonds. The number of pyridine rings is 2. The predicted octanol–water partition coefficient (Wildman–Crippen LogP) is 2.74. The molecular formula is C19H24N4O. The third-order valence-electron chi connectivity index (χ3n) is 4.72. The highest BCUT2D eigenvalue weighted by molar-refractivity contribution is 5.79. The Morgan fingerprint density at radius 1 is 1.29 bits per heavy atom. The predicted molar refractivity (Wildman–Crippen MR) is 93.1 cm³/mol. The van der Waals surface area contributed by atoms with Gasteiger partial charge in [0.05, 0.1) is 11.7 Å². The summed E-state index contributed by atoms with van der Waals surface area (Å²) in [6.45, 7) is 5.65. The second-order valence-electron chi connectivity index (χ2n) is 6.26. The summed E-state index contributed by atoms with van der Waals surface area (Å²) in [6, 6.07) is 10.2. The van der Waals surface area contributed by atoms with E-state index >= 15 is 0 Å². The monoisotopic (exact) mass is 324 g/mol. The molecule has 3 atom stereocenters. The van der Waals surface area contributed by atoms with Crippen LogP contribution in [-0.2, 0) is 4.79 Å². The van der Waals surface area contributed by atoms with Gasteiger partial charge in [-0.25, -0.2) is 0 Å². The van der Waals surface area contributed by atoms with Crippen LogP contribution in [0.2, 0.25) is 0 Å². The van der Waals surface area contributed by atoms with Gasteiger partial charge >= 0.3 is 0 Å². The van der Waals surface area contributed by atoms with Crippen LogP contribution in [0.1, 0.15) is 43.6 Å². The lowest BCUT2D eigenvalue weighted by atomic mass is 9.94. The summed E-state index contributed by atoms with van der Waals surface area (Å²) in [4.78, 5) is 23.0. The topological polar surface area (TPSA) is 58.1 Å². The summed E-state index contributed by atoms with van der Waals surface area (Å²) in [7, 11) is 0. The summed E-state index contributed by atoms with van der Waals surface area (Å²) in [5, 5.41) is 3.54. The Balaban J connectivity index is 1.72. The zero-order chi connectivity index (χ0) is 16.9. The zero-order valence-corrected chi connectivity index (χ0v) is 14.2. The second-order valence-corrected chi connectivity index (χ2v) is 6.26. The maximum absolute atomic E-state index is 12.4. The standard InChI is InChI=1S/C19H24N4O/c1-3-23-18(24)11-16(19(23)15-7-6-9-20-12-15)13-22-14(2)17-8-4-5-10-21-17/h4-10,12,14,16,19,22H,3,11,13H2,1-2H3/t14?,16-,19-/m0/s1. The molecule has 3 heterocycles. The van der Waals surface area contributed by atoms with Crippen LogP contribution in [0.5, 0.6) is 0 Å². The first kappa shape index (κ1) is 16.6. The third kappa shape index (κ3) is 3.46. The molecule has 0 aromatic carbocycles. The van der Waals surface area contributed by atoms with Gasteiger partial charge in [-0.1, -0.05) is 12.1 Å². The lowest BCUT2D eigenvalue weighted by Gasteiger charge is -2.28. The molecule has 2 aromatic rings. The van der Waals surface area contributed by atoms with E-state index in [-0.39, 0.29) is 23.9 Å². The summed E-state index contributed by atoms with van der Waals surface area (Å²) in [6.07, 6.45) is 6.03. The Labute approximate surface area is 143 Å². The fourth-order valence-corrected chi connectivity index (χ4v) is 3.49. The van der Waals surface area contributed by atoms with Crippen LogP contribution in [0, 0.1) is 5.92 Å². The third-order valence-corrected chi connectivity index (χ3v) is 4.72. The molecule has 5 heteroatoms. The van der Waals surface area contributed by atoms with Crippen molar-refractivity contribution in [3.63, 3.8) is 0 Å². The average Bonchev–Trinajstić information content (AvgIpc) is 2.96. The first-order valence-corrected chi connectivity index (χ1v) is 8.54. The highest BCUT2D eigenvalue weighted by Crippen LogP contribution is 2.37. The van der Waals surface area contributed by atoms with Crippen molar-refractivity contribution in [1.29, 1.82) is 0 Å². The Hall–Kier alpha value is -2.27. The van der Waals surface area contributed by atoms with Gasteiger partial charge in [0.15, 0.2) is 0 Å². The highest BCUT2D eigenvalue weighted by atomic mass is 16.2. The zero-order valence-electron chi connectivity index (χ0n) is 14.2. The Morgan fingerprint density at radius 3 is 2.83 bits per heavy atom. The molecule has 0 saturated carbocycles. The smallest absolute Gasteiger partial charge is 0.223 e. The van der Waals surface area contributed by atoms with E-state index in [0.29, 0.717) is 6.42 Å². The molecule has 0 bridgehead atoms. The minimum atomic E-state index is 0.0969. The van der Waals surface area contributed by atoms with Crippen molar-refractivity contribution < 1.29 is 4.79 Å². The Kier molecular flexibility index (Phi) is 5.20. The molecule has 1 saturated heterocycles. The van der Waals surface area contributed by atoms with Crippen molar-refractivity contribution in [2.45, 2.75) is 32.4 Å². The molecule has 5 nitrogen and oxygen atoms in total. The van der Waals surface area contributed by atoms with Gasteiger partial charge in [-0.15, -0.1) is 0 Å². The average molecular weight is 324 g/mol. The molecule has 0 spiro atoms. The quantitative estimate of drug-likeness (QED) is 0.887. The Bertz CT molecular complexity index is 662. The lowest BCUT2D eigenvalue weighted by Crippen LogP contribution is -2.32. The van der Waals surface area contributed by atoms with E-state index in [4.69, 9.17) is 0 Å². The van der Waals surface area contributed by atoms with Crippen molar-refractivity contribution in [2.75, 3.05) is 13.1 Å². The van der Waals surface area contributed by atoms with Crippen molar-refractivity contribution in [3.05, 3.63) is 60.2 Å². The number of hydrogen-bond donors (Lipinski definition) is 1. The van der Waals surface area contributed by atoms with Gasteiger partial charge in [-0.2, -0.15) is 0 Å². The number of carbonyl (C=O) groups is 1. The summed E-state index contributed by atoms with van der Waals surface area (Å²) in [5.41, 5.74) is 2.13. The molecule has 126 valence electrons. The molecule has 0 radical (unpaired) electrons. The number of aromatic nitrogens is 2. The largest absolute Gasteiger partial charge is 0.336 e. The molecular weight excluding hydrogens is 300 g/mol. The number of hydrogen-bond acceptors (Lipinski definition) is 4. The van der Waals surface area contributed by atoms with Gasteiger partial charge in [-0.05, 0) is 37.6 Å². The van der Waals surface area contributed by atoms with Gasteiger partial charge in [0, 0.05) is 50.1 Å². The molecule has 1 fully saturated rings.